The third-order valence-electron chi connectivity index (χ3n) is 1.08. The maximum atomic E-state index is 2.09. The monoisotopic (exact) mass is 132 g/mol. The Morgan fingerprint density at radius 1 is 0.857 bits per heavy atom. The zero-order valence-electron chi connectivity index (χ0n) is 3.94. The lowest BCUT2D eigenvalue weighted by Crippen LogP contribution is -1.91. The van der Waals surface area contributed by atoms with Gasteiger partial charge in [-0.05, 0) is 24.3 Å². The molecule has 0 spiro atoms. The van der Waals surface area contributed by atoms with Crippen LogP contribution in [0, 0.1) is 0 Å². The second kappa shape index (κ2) is 5.03. The first-order valence-electron chi connectivity index (χ1n) is 2.58. The summed E-state index contributed by atoms with van der Waals surface area (Å²) >= 11 is 2.09. The first kappa shape index (κ1) is 7.88. The van der Waals surface area contributed by atoms with E-state index in [4.69, 9.17) is 0 Å². The summed E-state index contributed by atoms with van der Waals surface area (Å²) in [6, 6.07) is 0. The molecule has 0 aromatic heterocycles. The van der Waals surface area contributed by atoms with Crippen LogP contribution >= 0.6 is 11.8 Å². The standard InChI is InChI=1S/C5H10S.Al.3H/c1-2-4-6-5-3-1;;;;/h1-5H2;;;;. The first-order valence-corrected chi connectivity index (χ1v) is 3.73. The van der Waals surface area contributed by atoms with E-state index < -0.39 is 0 Å². The van der Waals surface area contributed by atoms with E-state index in [1.807, 2.05) is 0 Å². The maximum absolute atomic E-state index is 2.09. The molecule has 1 saturated heterocycles. The summed E-state index contributed by atoms with van der Waals surface area (Å²) in [6.45, 7) is 0. The van der Waals surface area contributed by atoms with E-state index in [9.17, 15) is 0 Å². The summed E-state index contributed by atoms with van der Waals surface area (Å²) in [6.07, 6.45) is 4.41. The Hall–Kier alpha value is 0.882. The van der Waals surface area contributed by atoms with E-state index >= 15 is 0 Å². The van der Waals surface area contributed by atoms with Crippen molar-refractivity contribution in [2.24, 2.45) is 0 Å². The summed E-state index contributed by atoms with van der Waals surface area (Å²) < 4.78 is 0. The molecule has 1 aliphatic rings. The van der Waals surface area contributed by atoms with Crippen LogP contribution in [0.25, 0.3) is 0 Å². The van der Waals surface area contributed by atoms with E-state index in [-0.39, 0.29) is 17.4 Å². The van der Waals surface area contributed by atoms with Gasteiger partial charge in [0.15, 0.2) is 17.4 Å². The molecule has 0 aromatic carbocycles. The molecule has 1 heterocycles. The van der Waals surface area contributed by atoms with E-state index in [1.165, 1.54) is 30.8 Å². The highest BCUT2D eigenvalue weighted by molar-refractivity contribution is 7.99. The molecule has 7 heavy (non-hydrogen) atoms. The van der Waals surface area contributed by atoms with Crippen LogP contribution in [0.2, 0.25) is 0 Å². The molecule has 42 valence electrons. The van der Waals surface area contributed by atoms with Crippen LogP contribution in [0.5, 0.6) is 0 Å². The van der Waals surface area contributed by atoms with Gasteiger partial charge in [0.1, 0.15) is 0 Å². The molecule has 0 N–H and O–H groups in total. The van der Waals surface area contributed by atoms with Gasteiger partial charge in [-0.15, -0.1) is 0 Å². The van der Waals surface area contributed by atoms with Crippen LogP contribution in [-0.4, -0.2) is 28.9 Å². The molecule has 0 radical (unpaired) electrons. The molecule has 0 amide bonds. The molecule has 0 bridgehead atoms. The lowest BCUT2D eigenvalue weighted by molar-refractivity contribution is 0.764. The van der Waals surface area contributed by atoms with Crippen molar-refractivity contribution in [3.05, 3.63) is 0 Å². The van der Waals surface area contributed by atoms with Crippen LogP contribution in [-0.2, 0) is 0 Å². The minimum Gasteiger partial charge on any atom is -0.162 e. The van der Waals surface area contributed by atoms with Crippen molar-refractivity contribution in [3.63, 3.8) is 0 Å². The van der Waals surface area contributed by atoms with Gasteiger partial charge in [0.2, 0.25) is 0 Å². The number of rotatable bonds is 0. The van der Waals surface area contributed by atoms with Crippen LogP contribution < -0.4 is 0 Å². The van der Waals surface area contributed by atoms with E-state index in [1.54, 1.807) is 0 Å². The molecule has 1 fully saturated rings. The second-order valence-electron chi connectivity index (χ2n) is 1.67. The van der Waals surface area contributed by atoms with Gasteiger partial charge in [-0.2, -0.15) is 11.8 Å². The highest BCUT2D eigenvalue weighted by Crippen LogP contribution is 2.14. The molecule has 0 unspecified atom stereocenters. The summed E-state index contributed by atoms with van der Waals surface area (Å²) in [5, 5.41) is 0. The van der Waals surface area contributed by atoms with E-state index in [0.29, 0.717) is 0 Å². The number of thioether (sulfide) groups is 1. The molecule has 1 rings (SSSR count). The Morgan fingerprint density at radius 2 is 1.43 bits per heavy atom. The Labute approximate surface area is 60.2 Å². The van der Waals surface area contributed by atoms with Crippen molar-refractivity contribution in [2.45, 2.75) is 19.3 Å². The summed E-state index contributed by atoms with van der Waals surface area (Å²) in [7, 11) is 0. The van der Waals surface area contributed by atoms with Crippen molar-refractivity contribution in [1.29, 1.82) is 0 Å². The largest absolute Gasteiger partial charge is 0.187 e. The van der Waals surface area contributed by atoms with Gasteiger partial charge < -0.3 is 0 Å². The molecule has 0 atom stereocenters. The van der Waals surface area contributed by atoms with Gasteiger partial charge in [-0.1, -0.05) is 6.42 Å². The van der Waals surface area contributed by atoms with Gasteiger partial charge in [-0.3, -0.25) is 0 Å². The van der Waals surface area contributed by atoms with Gasteiger partial charge >= 0.3 is 0 Å². The Kier molecular flexibility index (Phi) is 5.66. The second-order valence-corrected chi connectivity index (χ2v) is 2.90. The van der Waals surface area contributed by atoms with Crippen molar-refractivity contribution < 1.29 is 0 Å². The predicted octanol–water partition coefficient (Wildman–Crippen LogP) is 0.720. The van der Waals surface area contributed by atoms with Crippen molar-refractivity contribution in [3.8, 4) is 0 Å². The van der Waals surface area contributed by atoms with Gasteiger partial charge in [0, 0.05) is 0 Å². The fourth-order valence-electron chi connectivity index (χ4n) is 0.687. The average Bonchev–Trinajstić information content (AvgIpc) is 1.72. The number of hydrogen-bond donors (Lipinski definition) is 0. The zero-order chi connectivity index (χ0) is 4.24. The average molecular weight is 132 g/mol. The van der Waals surface area contributed by atoms with Gasteiger partial charge in [0.25, 0.3) is 0 Å². The summed E-state index contributed by atoms with van der Waals surface area (Å²) in [5.74, 6) is 2.83. The highest BCUT2D eigenvalue weighted by atomic mass is 32.2. The molecular weight excluding hydrogens is 119 g/mol. The maximum Gasteiger partial charge on any atom is 0.187 e. The van der Waals surface area contributed by atoms with Gasteiger partial charge in [0.05, 0.1) is 0 Å². The normalized spacial score (nSPS) is 20.6. The Bertz CT molecular complexity index is 23.6. The summed E-state index contributed by atoms with van der Waals surface area (Å²) in [5.41, 5.74) is 0. The molecule has 1 aliphatic heterocycles. The number of hydrogen-bond acceptors (Lipinski definition) is 1. The lowest BCUT2D eigenvalue weighted by Gasteiger charge is -2.05. The van der Waals surface area contributed by atoms with Crippen LogP contribution in [0.4, 0.5) is 0 Å². The minimum absolute atomic E-state index is 0. The van der Waals surface area contributed by atoms with E-state index in [0.717, 1.165) is 0 Å². The smallest absolute Gasteiger partial charge is 0.162 e. The third-order valence-corrected chi connectivity index (χ3v) is 2.23. The summed E-state index contributed by atoms with van der Waals surface area (Å²) in [4.78, 5) is 0. The SMILES string of the molecule is C1CCSCC1.[AlH3]. The van der Waals surface area contributed by atoms with E-state index in [2.05, 4.69) is 11.8 Å². The van der Waals surface area contributed by atoms with Crippen molar-refractivity contribution in [2.75, 3.05) is 11.5 Å². The topological polar surface area (TPSA) is 0 Å². The Morgan fingerprint density at radius 3 is 1.57 bits per heavy atom. The molecule has 0 saturated carbocycles. The van der Waals surface area contributed by atoms with Crippen molar-refractivity contribution >= 4 is 29.1 Å². The minimum atomic E-state index is 0. The molecule has 0 nitrogen and oxygen atoms in total. The van der Waals surface area contributed by atoms with Crippen LogP contribution in [0.1, 0.15) is 19.3 Å². The molecule has 2 heteroatoms. The third kappa shape index (κ3) is 3.46. The fourth-order valence-corrected chi connectivity index (χ4v) is 1.71. The van der Waals surface area contributed by atoms with Crippen LogP contribution in [0.15, 0.2) is 0 Å². The quantitative estimate of drug-likeness (QED) is 0.438. The van der Waals surface area contributed by atoms with Crippen molar-refractivity contribution in [1.82, 2.24) is 0 Å². The zero-order valence-corrected chi connectivity index (χ0v) is 4.76. The Balaban J connectivity index is 0.000000360. The molecule has 0 aliphatic carbocycles. The van der Waals surface area contributed by atoms with Crippen LogP contribution in [0.3, 0.4) is 0 Å². The lowest BCUT2D eigenvalue weighted by atomic mass is 10.3. The predicted molar refractivity (Wildman–Crippen MR) is 41.1 cm³/mol. The molecule has 0 aromatic rings. The first-order chi connectivity index (χ1) is 3.00. The van der Waals surface area contributed by atoms with Gasteiger partial charge in [-0.25, -0.2) is 0 Å². The fraction of sp³-hybridized carbons (Fsp3) is 1.00. The molecular formula is C5H13AlS. The highest BCUT2D eigenvalue weighted by Gasteiger charge is 1.95.